The summed E-state index contributed by atoms with van der Waals surface area (Å²) in [4.78, 5) is 52.4. The summed E-state index contributed by atoms with van der Waals surface area (Å²) >= 11 is 0. The van der Waals surface area contributed by atoms with Gasteiger partial charge in [0.15, 0.2) is 11.5 Å². The van der Waals surface area contributed by atoms with Crippen LogP contribution >= 0.6 is 0 Å². The molecule has 1 aromatic heterocycles. The maximum Gasteiger partial charge on any atom is 0.336 e. The van der Waals surface area contributed by atoms with Gasteiger partial charge in [-0.2, -0.15) is 0 Å². The molecule has 2 heterocycles. The molecule has 37 heavy (non-hydrogen) atoms. The minimum atomic E-state index is -0.736. The molecule has 196 valence electrons. The highest BCUT2D eigenvalue weighted by Crippen LogP contribution is 2.36. The average Bonchev–Trinajstić information content (AvgIpc) is 3.18. The third kappa shape index (κ3) is 4.83. The summed E-state index contributed by atoms with van der Waals surface area (Å²) in [6.07, 6.45) is -0.157. The molecule has 0 unspecified atom stereocenters. The average molecular weight is 510 g/mol. The summed E-state index contributed by atoms with van der Waals surface area (Å²) in [5, 5.41) is 0. The predicted octanol–water partition coefficient (Wildman–Crippen LogP) is 3.34. The number of fused-ring (bicyclic) bond motifs is 1. The first kappa shape index (κ1) is 26.0. The zero-order valence-electron chi connectivity index (χ0n) is 21.6. The molecule has 2 aromatic carbocycles. The van der Waals surface area contributed by atoms with Crippen molar-refractivity contribution >= 4 is 28.8 Å². The van der Waals surface area contributed by atoms with E-state index in [0.29, 0.717) is 41.1 Å². The van der Waals surface area contributed by atoms with Gasteiger partial charge in [0.05, 0.1) is 31.3 Å². The molecule has 10 heteroatoms. The van der Waals surface area contributed by atoms with E-state index in [0.717, 1.165) is 4.57 Å². The Balaban J connectivity index is 1.62. The van der Waals surface area contributed by atoms with E-state index in [1.54, 1.807) is 51.9 Å². The fourth-order valence-electron chi connectivity index (χ4n) is 5.13. The third-order valence-corrected chi connectivity index (χ3v) is 6.85. The lowest BCUT2D eigenvalue weighted by Gasteiger charge is -2.39. The predicted molar refractivity (Wildman–Crippen MR) is 136 cm³/mol. The lowest BCUT2D eigenvalue weighted by molar-refractivity contribution is -0.155. The van der Waals surface area contributed by atoms with Crippen LogP contribution in [0, 0.1) is 0 Å². The summed E-state index contributed by atoms with van der Waals surface area (Å²) in [5.41, 5.74) is 1.35. The molecular formula is C27H31N3O7. The molecule has 1 aliphatic heterocycles. The number of rotatable bonds is 7. The van der Waals surface area contributed by atoms with Gasteiger partial charge in [-0.3, -0.25) is 19.0 Å². The molecule has 0 saturated carbocycles. The van der Waals surface area contributed by atoms with Crippen LogP contribution < -0.4 is 15.2 Å². The Hall–Kier alpha value is -4.08. The van der Waals surface area contributed by atoms with Crippen molar-refractivity contribution < 1.29 is 28.6 Å². The molecule has 0 aliphatic carbocycles. The summed E-state index contributed by atoms with van der Waals surface area (Å²) in [6, 6.07) is 11.4. The first-order valence-corrected chi connectivity index (χ1v) is 12.1. The molecule has 10 nitrogen and oxygen atoms in total. The maximum absolute atomic E-state index is 13.4. The molecule has 1 fully saturated rings. The van der Waals surface area contributed by atoms with Crippen LogP contribution in [0.25, 0.3) is 11.0 Å². The van der Waals surface area contributed by atoms with Gasteiger partial charge in [0, 0.05) is 32.9 Å². The topological polar surface area (TPSA) is 109 Å². The highest BCUT2D eigenvalue weighted by molar-refractivity contribution is 5.89. The second-order valence-corrected chi connectivity index (χ2v) is 9.11. The Kier molecular flexibility index (Phi) is 7.37. The smallest absolute Gasteiger partial charge is 0.336 e. The summed E-state index contributed by atoms with van der Waals surface area (Å²) in [7, 11) is 3.05. The second kappa shape index (κ2) is 10.5. The van der Waals surface area contributed by atoms with E-state index in [2.05, 4.69) is 0 Å². The number of carbonyl (C=O) groups is 3. The summed E-state index contributed by atoms with van der Waals surface area (Å²) in [6.45, 7) is 4.85. The first-order valence-electron chi connectivity index (χ1n) is 12.1. The van der Waals surface area contributed by atoms with Gasteiger partial charge in [-0.05, 0) is 43.2 Å². The van der Waals surface area contributed by atoms with E-state index >= 15 is 0 Å². The van der Waals surface area contributed by atoms with E-state index in [1.807, 2.05) is 6.92 Å². The number of nitrogens with zero attached hydrogens (tertiary/aromatic N) is 3. The Labute approximate surface area is 214 Å². The van der Waals surface area contributed by atoms with Crippen molar-refractivity contribution in [3.8, 4) is 11.5 Å². The van der Waals surface area contributed by atoms with Gasteiger partial charge in [0.25, 0.3) is 0 Å². The van der Waals surface area contributed by atoms with Crippen molar-refractivity contribution in [1.82, 2.24) is 14.0 Å². The molecular weight excluding hydrogens is 478 g/mol. The molecule has 1 amide bonds. The Morgan fingerprint density at radius 3 is 2.24 bits per heavy atom. The maximum atomic E-state index is 13.4. The van der Waals surface area contributed by atoms with Gasteiger partial charge in [0.2, 0.25) is 11.8 Å². The largest absolute Gasteiger partial charge is 0.493 e. The second-order valence-electron chi connectivity index (χ2n) is 9.11. The van der Waals surface area contributed by atoms with E-state index in [1.165, 1.54) is 28.1 Å². The third-order valence-electron chi connectivity index (χ3n) is 6.85. The van der Waals surface area contributed by atoms with Gasteiger partial charge < -0.3 is 19.1 Å². The van der Waals surface area contributed by atoms with Crippen LogP contribution in [0.3, 0.4) is 0 Å². The van der Waals surface area contributed by atoms with Gasteiger partial charge >= 0.3 is 11.7 Å². The van der Waals surface area contributed by atoms with Crippen molar-refractivity contribution in [2.24, 2.45) is 0 Å². The van der Waals surface area contributed by atoms with Crippen LogP contribution in [0.1, 0.15) is 56.1 Å². The fourth-order valence-corrected chi connectivity index (χ4v) is 5.13. The molecule has 1 aliphatic rings. The lowest BCUT2D eigenvalue weighted by atomic mass is 9.96. The summed E-state index contributed by atoms with van der Waals surface area (Å²) < 4.78 is 19.1. The van der Waals surface area contributed by atoms with Crippen LogP contribution in [-0.2, 0) is 14.3 Å². The number of imidazole rings is 1. The number of hydrogen-bond acceptors (Lipinski definition) is 7. The van der Waals surface area contributed by atoms with Crippen LogP contribution in [-0.4, -0.2) is 58.6 Å². The van der Waals surface area contributed by atoms with Crippen LogP contribution in [0.4, 0.5) is 0 Å². The molecule has 1 saturated heterocycles. The standard InChI is InChI=1S/C27H31N3O7/c1-16(26(37-18(3)32)19-10-11-23(35-4)24(14-19)36-5)28-13-12-20(15-25(28)33)30-22-9-7-6-8-21(22)29(17(2)31)27(30)34/h6-11,14,16,20,26H,12-13,15H2,1-5H3/t16-,20+,26-/m0/s1. The quantitative estimate of drug-likeness (QED) is 0.450. The molecule has 3 aromatic rings. The highest BCUT2D eigenvalue weighted by Gasteiger charge is 2.37. The number of amides is 1. The van der Waals surface area contributed by atoms with E-state index in [4.69, 9.17) is 14.2 Å². The molecule has 4 rings (SSSR count). The van der Waals surface area contributed by atoms with Crippen LogP contribution in [0.2, 0.25) is 0 Å². The zero-order valence-corrected chi connectivity index (χ0v) is 21.6. The molecule has 0 N–H and O–H groups in total. The number of carbonyl (C=O) groups excluding carboxylic acids is 3. The van der Waals surface area contributed by atoms with E-state index in [9.17, 15) is 19.2 Å². The number of hydrogen-bond donors (Lipinski definition) is 0. The SMILES string of the molecule is COc1ccc([C@@H](OC(C)=O)[C@H](C)N2CC[C@@H](n3c(=O)n(C(C)=O)c4ccccc43)CC2=O)cc1OC. The molecule has 0 spiro atoms. The van der Waals surface area contributed by atoms with Gasteiger partial charge in [-0.1, -0.05) is 18.2 Å². The molecule has 3 atom stereocenters. The van der Waals surface area contributed by atoms with Gasteiger partial charge in [-0.15, -0.1) is 0 Å². The highest BCUT2D eigenvalue weighted by atomic mass is 16.5. The minimum Gasteiger partial charge on any atom is -0.493 e. The van der Waals surface area contributed by atoms with Crippen LogP contribution in [0.5, 0.6) is 11.5 Å². The molecule has 0 radical (unpaired) electrons. The number of likely N-dealkylation sites (tertiary alicyclic amines) is 1. The number of para-hydroxylation sites is 2. The Morgan fingerprint density at radius 2 is 1.65 bits per heavy atom. The van der Waals surface area contributed by atoms with Gasteiger partial charge in [-0.25, -0.2) is 9.36 Å². The molecule has 0 bridgehead atoms. The summed E-state index contributed by atoms with van der Waals surface area (Å²) in [5.74, 6) is -0.00913. The zero-order chi connectivity index (χ0) is 26.9. The number of ether oxygens (including phenoxy) is 3. The van der Waals surface area contributed by atoms with Crippen molar-refractivity contribution in [2.45, 2.75) is 51.8 Å². The fraction of sp³-hybridized carbons (Fsp3) is 0.407. The van der Waals surface area contributed by atoms with Crippen molar-refractivity contribution in [2.75, 3.05) is 20.8 Å². The Morgan fingerprint density at radius 1 is 0.973 bits per heavy atom. The number of esters is 1. The number of methoxy groups -OCH3 is 2. The monoisotopic (exact) mass is 509 g/mol. The van der Waals surface area contributed by atoms with Crippen LogP contribution in [0.15, 0.2) is 47.3 Å². The lowest BCUT2D eigenvalue weighted by Crippen LogP contribution is -2.48. The number of benzene rings is 2. The number of aromatic nitrogens is 2. The van der Waals surface area contributed by atoms with Crippen molar-refractivity contribution in [3.63, 3.8) is 0 Å². The normalized spacial score (nSPS) is 17.4. The first-order chi connectivity index (χ1) is 17.7. The van der Waals surface area contributed by atoms with Crippen molar-refractivity contribution in [1.29, 1.82) is 0 Å². The Bertz CT molecular complexity index is 1410. The number of piperidine rings is 1. The van der Waals surface area contributed by atoms with Gasteiger partial charge in [0.1, 0.15) is 6.10 Å². The van der Waals surface area contributed by atoms with Crippen molar-refractivity contribution in [3.05, 3.63) is 58.5 Å². The van der Waals surface area contributed by atoms with E-state index in [-0.39, 0.29) is 18.2 Å². The minimum absolute atomic E-state index is 0.0783. The van der Waals surface area contributed by atoms with E-state index < -0.39 is 29.8 Å².